The minimum Gasteiger partial charge on any atom is -0.506 e. The van der Waals surface area contributed by atoms with Crippen molar-refractivity contribution in [1.82, 2.24) is 14.9 Å². The van der Waals surface area contributed by atoms with E-state index < -0.39 is 0 Å². The van der Waals surface area contributed by atoms with Gasteiger partial charge in [-0.2, -0.15) is 0 Å². The lowest BCUT2D eigenvalue weighted by molar-refractivity contribution is 0.472. The van der Waals surface area contributed by atoms with Crippen molar-refractivity contribution in [2.75, 3.05) is 4.90 Å². The van der Waals surface area contributed by atoms with E-state index in [0.29, 0.717) is 10.8 Å². The van der Waals surface area contributed by atoms with Crippen LogP contribution >= 0.6 is 12.2 Å². The predicted octanol–water partition coefficient (Wildman–Crippen LogP) is 5.93. The van der Waals surface area contributed by atoms with Crippen molar-refractivity contribution in [3.8, 4) is 11.4 Å². The van der Waals surface area contributed by atoms with Crippen molar-refractivity contribution in [2.45, 2.75) is 39.3 Å². The van der Waals surface area contributed by atoms with Crippen LogP contribution in [-0.4, -0.2) is 19.8 Å². The van der Waals surface area contributed by atoms with E-state index in [2.05, 4.69) is 66.0 Å². The Balaban J connectivity index is 1.71. The molecule has 172 valence electrons. The number of para-hydroxylation sites is 3. The molecule has 0 saturated carbocycles. The van der Waals surface area contributed by atoms with E-state index in [0.717, 1.165) is 29.1 Å². The van der Waals surface area contributed by atoms with Gasteiger partial charge >= 0.3 is 0 Å². The number of nitrogens with one attached hydrogen (secondary N) is 1. The van der Waals surface area contributed by atoms with Gasteiger partial charge in [0, 0.05) is 23.3 Å². The van der Waals surface area contributed by atoms with Gasteiger partial charge in [-0.05, 0) is 80.0 Å². The number of hydrogen-bond acceptors (Lipinski definition) is 3. The van der Waals surface area contributed by atoms with E-state index in [1.807, 2.05) is 41.3 Å². The normalized spacial score (nSPS) is 17.7. The highest BCUT2D eigenvalue weighted by Crippen LogP contribution is 2.45. The lowest BCUT2D eigenvalue weighted by atomic mass is 9.96. The number of nitrogens with zero attached hydrogens (tertiary/aromatic N) is 3. The molecule has 2 N–H and O–H groups in total. The summed E-state index contributed by atoms with van der Waals surface area (Å²) in [5.74, 6) is 0.198. The fourth-order valence-corrected chi connectivity index (χ4v) is 5.42. The molecule has 0 bridgehead atoms. The highest BCUT2D eigenvalue weighted by molar-refractivity contribution is 7.80. The van der Waals surface area contributed by atoms with Crippen LogP contribution in [0.4, 0.5) is 5.69 Å². The van der Waals surface area contributed by atoms with Gasteiger partial charge in [0.1, 0.15) is 5.75 Å². The Labute approximate surface area is 205 Å². The second-order valence-electron chi connectivity index (χ2n) is 8.63. The Hall–Kier alpha value is -3.64. The van der Waals surface area contributed by atoms with Gasteiger partial charge in [0.25, 0.3) is 0 Å². The molecule has 1 aliphatic rings. The number of hydrogen-bond donors (Lipinski definition) is 2. The molecule has 0 radical (unpaired) electrons. The van der Waals surface area contributed by atoms with Crippen molar-refractivity contribution < 1.29 is 5.11 Å². The molecule has 4 aromatic rings. The van der Waals surface area contributed by atoms with E-state index in [-0.39, 0.29) is 17.8 Å². The van der Waals surface area contributed by atoms with Crippen molar-refractivity contribution >= 4 is 23.0 Å². The zero-order valence-electron chi connectivity index (χ0n) is 19.6. The molecule has 34 heavy (non-hydrogen) atoms. The van der Waals surface area contributed by atoms with E-state index in [1.165, 1.54) is 11.3 Å². The first-order chi connectivity index (χ1) is 16.5. The molecule has 0 spiro atoms. The maximum absolute atomic E-state index is 10.7. The SMILES string of the molecule is CCc1ccccc1-n1c(C)cc([C@@H]2[C@@H](c3ccccn3)NC(=S)N2c2ccccc2O)c1C. The molecule has 5 rings (SSSR count). The molecule has 2 aromatic heterocycles. The smallest absolute Gasteiger partial charge is 0.174 e. The van der Waals surface area contributed by atoms with Gasteiger partial charge in [-0.15, -0.1) is 0 Å². The molecule has 1 aliphatic heterocycles. The number of phenols is 1. The quantitative estimate of drug-likeness (QED) is 0.355. The third-order valence-electron chi connectivity index (χ3n) is 6.64. The van der Waals surface area contributed by atoms with Crippen molar-refractivity contribution in [1.29, 1.82) is 0 Å². The topological polar surface area (TPSA) is 53.3 Å². The monoisotopic (exact) mass is 468 g/mol. The average molecular weight is 469 g/mol. The third kappa shape index (κ3) is 3.64. The molecule has 0 amide bonds. The summed E-state index contributed by atoms with van der Waals surface area (Å²) in [6.07, 6.45) is 2.76. The second-order valence-corrected chi connectivity index (χ2v) is 9.02. The van der Waals surface area contributed by atoms with Crippen LogP contribution in [0.15, 0.2) is 79.0 Å². The maximum atomic E-state index is 10.7. The third-order valence-corrected chi connectivity index (χ3v) is 6.96. The van der Waals surface area contributed by atoms with Crippen LogP contribution in [0, 0.1) is 13.8 Å². The van der Waals surface area contributed by atoms with Crippen LogP contribution in [0.3, 0.4) is 0 Å². The molecule has 2 atom stereocenters. The first-order valence-electron chi connectivity index (χ1n) is 11.6. The van der Waals surface area contributed by atoms with E-state index in [1.54, 1.807) is 12.3 Å². The molecular formula is C28H28N4OS. The number of anilines is 1. The average Bonchev–Trinajstić information content (AvgIpc) is 3.35. The second kappa shape index (κ2) is 8.95. The highest BCUT2D eigenvalue weighted by atomic mass is 32.1. The zero-order valence-corrected chi connectivity index (χ0v) is 20.4. The van der Waals surface area contributed by atoms with Gasteiger partial charge in [-0.1, -0.05) is 43.3 Å². The van der Waals surface area contributed by atoms with E-state index in [9.17, 15) is 5.11 Å². The van der Waals surface area contributed by atoms with Crippen LogP contribution in [-0.2, 0) is 6.42 Å². The van der Waals surface area contributed by atoms with Crippen LogP contribution in [0.1, 0.15) is 47.2 Å². The molecular weight excluding hydrogens is 440 g/mol. The lowest BCUT2D eigenvalue weighted by Crippen LogP contribution is -2.29. The number of aromatic nitrogens is 2. The molecule has 2 aromatic carbocycles. The van der Waals surface area contributed by atoms with Crippen LogP contribution in [0.25, 0.3) is 5.69 Å². The summed E-state index contributed by atoms with van der Waals surface area (Å²) >= 11 is 5.82. The Morgan fingerprint density at radius 1 is 0.971 bits per heavy atom. The number of aromatic hydroxyl groups is 1. The van der Waals surface area contributed by atoms with Crippen LogP contribution in [0.2, 0.25) is 0 Å². The van der Waals surface area contributed by atoms with Crippen molar-refractivity contribution in [2.24, 2.45) is 0 Å². The highest BCUT2D eigenvalue weighted by Gasteiger charge is 2.43. The minimum absolute atomic E-state index is 0.163. The van der Waals surface area contributed by atoms with Gasteiger partial charge in [-0.3, -0.25) is 4.98 Å². The summed E-state index contributed by atoms with van der Waals surface area (Å²) in [6, 6.07) is 23.7. The molecule has 0 unspecified atom stereocenters. The van der Waals surface area contributed by atoms with Gasteiger partial charge in [0.2, 0.25) is 0 Å². The van der Waals surface area contributed by atoms with E-state index in [4.69, 9.17) is 12.2 Å². The minimum atomic E-state index is -0.176. The van der Waals surface area contributed by atoms with Crippen molar-refractivity contribution in [3.63, 3.8) is 0 Å². The van der Waals surface area contributed by atoms with Gasteiger partial charge in [-0.25, -0.2) is 0 Å². The summed E-state index contributed by atoms with van der Waals surface area (Å²) in [5, 5.41) is 14.8. The first-order valence-corrected chi connectivity index (χ1v) is 12.0. The Kier molecular flexibility index (Phi) is 5.84. The molecule has 3 heterocycles. The standard InChI is InChI=1S/C28H28N4OS/c1-4-20-11-5-6-13-23(20)31-18(2)17-21(19(31)3)27-26(22-12-9-10-16-29-22)30-28(34)32(27)24-14-7-8-15-25(24)33/h5-17,26-27,33H,4H2,1-3H3,(H,30,34)/t26-,27-/m1/s1. The zero-order chi connectivity index (χ0) is 23.8. The fourth-order valence-electron chi connectivity index (χ4n) is 5.08. The van der Waals surface area contributed by atoms with Gasteiger partial charge < -0.3 is 19.9 Å². The number of thiocarbonyl (C=S) groups is 1. The number of aryl methyl sites for hydroxylation is 2. The maximum Gasteiger partial charge on any atom is 0.174 e. The van der Waals surface area contributed by atoms with Crippen LogP contribution in [0.5, 0.6) is 5.75 Å². The summed E-state index contributed by atoms with van der Waals surface area (Å²) in [4.78, 5) is 6.68. The van der Waals surface area contributed by atoms with Gasteiger partial charge in [0.05, 0.1) is 23.5 Å². The fraction of sp³-hybridized carbons (Fsp3) is 0.214. The van der Waals surface area contributed by atoms with Crippen molar-refractivity contribution in [3.05, 3.63) is 107 Å². The Bertz CT molecular complexity index is 1350. The molecule has 5 nitrogen and oxygen atoms in total. The number of pyridine rings is 1. The van der Waals surface area contributed by atoms with Gasteiger partial charge in [0.15, 0.2) is 5.11 Å². The summed E-state index contributed by atoms with van der Waals surface area (Å²) in [6.45, 7) is 6.49. The lowest BCUT2D eigenvalue weighted by Gasteiger charge is -2.28. The van der Waals surface area contributed by atoms with E-state index >= 15 is 0 Å². The molecule has 1 fully saturated rings. The summed E-state index contributed by atoms with van der Waals surface area (Å²) in [5.41, 5.74) is 7.54. The molecule has 0 aliphatic carbocycles. The number of phenolic OH excluding ortho intramolecular Hbond substituents is 1. The van der Waals surface area contributed by atoms with Crippen LogP contribution < -0.4 is 10.2 Å². The summed E-state index contributed by atoms with van der Waals surface area (Å²) < 4.78 is 2.33. The number of rotatable bonds is 5. The summed E-state index contributed by atoms with van der Waals surface area (Å²) in [7, 11) is 0. The Morgan fingerprint density at radius 2 is 1.68 bits per heavy atom. The Morgan fingerprint density at radius 3 is 2.38 bits per heavy atom. The molecule has 6 heteroatoms. The predicted molar refractivity (Wildman–Crippen MR) is 141 cm³/mol. The molecule has 1 saturated heterocycles. The first kappa shape index (κ1) is 22.2. The number of benzene rings is 2. The largest absolute Gasteiger partial charge is 0.506 e.